The van der Waals surface area contributed by atoms with Gasteiger partial charge in [-0.15, -0.1) is 0 Å². The molecule has 0 heterocycles. The molecule has 0 aromatic heterocycles. The average molecular weight is 502 g/mol. The Labute approximate surface area is 217 Å². The number of hydrogen-bond acceptors (Lipinski definition) is 4. The van der Waals surface area contributed by atoms with Crippen LogP contribution in [0, 0.1) is 19.8 Å². The highest BCUT2D eigenvalue weighted by molar-refractivity contribution is 5.93. The fraction of sp³-hybridized carbons (Fsp3) is 0.690. The van der Waals surface area contributed by atoms with E-state index >= 15 is 0 Å². The van der Waals surface area contributed by atoms with Crippen LogP contribution in [0.4, 0.5) is 4.79 Å². The van der Waals surface area contributed by atoms with Crippen LogP contribution in [0.5, 0.6) is 0 Å². The van der Waals surface area contributed by atoms with Gasteiger partial charge in [0, 0.05) is 11.6 Å². The number of carbonyl (C=O) groups is 3. The fourth-order valence-electron chi connectivity index (χ4n) is 4.55. The van der Waals surface area contributed by atoms with Crippen molar-refractivity contribution in [3.63, 3.8) is 0 Å². The lowest BCUT2D eigenvalue weighted by Crippen LogP contribution is -2.60. The SMILES string of the molecule is CCC(C)C(NC(=O)OC(C)(C)C)C(=O)N(C1CCC1)C(C(=O)NC(C)(C)C)c1c(C)cccc1C. The van der Waals surface area contributed by atoms with Crippen molar-refractivity contribution in [2.45, 2.75) is 124 Å². The largest absolute Gasteiger partial charge is 0.444 e. The summed E-state index contributed by atoms with van der Waals surface area (Å²) in [6, 6.07) is 4.26. The Balaban J connectivity index is 2.60. The van der Waals surface area contributed by atoms with Crippen molar-refractivity contribution < 1.29 is 19.1 Å². The quantitative estimate of drug-likeness (QED) is 0.487. The van der Waals surface area contributed by atoms with Crippen LogP contribution in [-0.4, -0.2) is 46.0 Å². The number of alkyl carbamates (subject to hydrolysis) is 1. The molecule has 1 aromatic carbocycles. The number of ether oxygens (including phenoxy) is 1. The number of amides is 3. The molecule has 3 unspecified atom stereocenters. The van der Waals surface area contributed by atoms with Gasteiger partial charge >= 0.3 is 6.09 Å². The Bertz CT molecular complexity index is 921. The second kappa shape index (κ2) is 11.7. The van der Waals surface area contributed by atoms with E-state index in [1.165, 1.54) is 0 Å². The van der Waals surface area contributed by atoms with Gasteiger partial charge in [-0.3, -0.25) is 9.59 Å². The van der Waals surface area contributed by atoms with E-state index in [0.29, 0.717) is 6.42 Å². The molecule has 0 spiro atoms. The summed E-state index contributed by atoms with van der Waals surface area (Å²) in [5, 5.41) is 5.97. The van der Waals surface area contributed by atoms with Gasteiger partial charge in [-0.25, -0.2) is 4.79 Å². The van der Waals surface area contributed by atoms with E-state index in [1.807, 2.05) is 66.7 Å². The predicted molar refractivity (Wildman–Crippen MR) is 144 cm³/mol. The Hall–Kier alpha value is -2.57. The smallest absolute Gasteiger partial charge is 0.408 e. The first kappa shape index (κ1) is 29.7. The summed E-state index contributed by atoms with van der Waals surface area (Å²) in [7, 11) is 0. The lowest BCUT2D eigenvalue weighted by Gasteiger charge is -2.45. The van der Waals surface area contributed by atoms with E-state index < -0.39 is 29.3 Å². The first-order valence-electron chi connectivity index (χ1n) is 13.3. The maximum absolute atomic E-state index is 14.4. The van der Waals surface area contributed by atoms with Crippen LogP contribution in [0.2, 0.25) is 0 Å². The van der Waals surface area contributed by atoms with E-state index in [-0.39, 0.29) is 23.8 Å². The molecule has 202 valence electrons. The molecule has 2 rings (SSSR count). The molecule has 1 fully saturated rings. The zero-order valence-electron chi connectivity index (χ0n) is 24.0. The molecule has 1 aliphatic carbocycles. The number of nitrogens with one attached hydrogen (secondary N) is 2. The van der Waals surface area contributed by atoms with E-state index in [2.05, 4.69) is 10.6 Å². The van der Waals surface area contributed by atoms with Crippen molar-refractivity contribution >= 4 is 17.9 Å². The van der Waals surface area contributed by atoms with Crippen LogP contribution < -0.4 is 10.6 Å². The van der Waals surface area contributed by atoms with Gasteiger partial charge in [-0.05, 0) is 97.3 Å². The molecule has 1 aliphatic rings. The third-order valence-electron chi connectivity index (χ3n) is 6.71. The fourth-order valence-corrected chi connectivity index (χ4v) is 4.55. The van der Waals surface area contributed by atoms with Crippen LogP contribution in [0.1, 0.15) is 104 Å². The van der Waals surface area contributed by atoms with Crippen molar-refractivity contribution in [2.24, 2.45) is 5.92 Å². The highest BCUT2D eigenvalue weighted by atomic mass is 16.6. The first-order chi connectivity index (χ1) is 16.6. The van der Waals surface area contributed by atoms with Gasteiger partial charge < -0.3 is 20.3 Å². The molecule has 3 atom stereocenters. The molecule has 0 radical (unpaired) electrons. The number of benzene rings is 1. The Kier molecular flexibility index (Phi) is 9.60. The lowest BCUT2D eigenvalue weighted by molar-refractivity contribution is -0.149. The lowest BCUT2D eigenvalue weighted by atomic mass is 9.85. The van der Waals surface area contributed by atoms with Crippen molar-refractivity contribution in [1.29, 1.82) is 0 Å². The van der Waals surface area contributed by atoms with E-state index in [1.54, 1.807) is 25.7 Å². The summed E-state index contributed by atoms with van der Waals surface area (Å²) < 4.78 is 5.49. The molecule has 0 aliphatic heterocycles. The topological polar surface area (TPSA) is 87.7 Å². The van der Waals surface area contributed by atoms with Crippen molar-refractivity contribution in [3.05, 3.63) is 34.9 Å². The van der Waals surface area contributed by atoms with Crippen molar-refractivity contribution in [1.82, 2.24) is 15.5 Å². The minimum atomic E-state index is -0.806. The standard InChI is InChI=1S/C29H47N3O4/c1-11-18(2)23(30-27(35)36-29(8,9)10)26(34)32(21-16-13-17-21)24(25(33)31-28(5,6)7)22-19(3)14-12-15-20(22)4/h12,14-15,18,21,23-24H,11,13,16-17H2,1-10H3,(H,30,35)(H,31,33). The summed E-state index contributed by atoms with van der Waals surface area (Å²) in [4.78, 5) is 42.8. The minimum Gasteiger partial charge on any atom is -0.444 e. The zero-order chi connectivity index (χ0) is 27.4. The van der Waals surface area contributed by atoms with Gasteiger partial charge in [0.25, 0.3) is 0 Å². The molecule has 7 nitrogen and oxygen atoms in total. The van der Waals surface area contributed by atoms with Gasteiger partial charge in [0.15, 0.2) is 0 Å². The third-order valence-corrected chi connectivity index (χ3v) is 6.71. The highest BCUT2D eigenvalue weighted by Crippen LogP contribution is 2.37. The summed E-state index contributed by atoms with van der Waals surface area (Å²) >= 11 is 0. The maximum atomic E-state index is 14.4. The van der Waals surface area contributed by atoms with Crippen LogP contribution in [0.25, 0.3) is 0 Å². The van der Waals surface area contributed by atoms with Gasteiger partial charge in [0.2, 0.25) is 11.8 Å². The minimum absolute atomic E-state index is 0.0702. The van der Waals surface area contributed by atoms with Crippen LogP contribution in [0.3, 0.4) is 0 Å². The zero-order valence-corrected chi connectivity index (χ0v) is 24.0. The van der Waals surface area contributed by atoms with Gasteiger partial charge in [0.05, 0.1) is 0 Å². The molecule has 1 aromatic rings. The molecule has 3 amide bonds. The van der Waals surface area contributed by atoms with Crippen molar-refractivity contribution in [2.75, 3.05) is 0 Å². The number of carbonyl (C=O) groups excluding carboxylic acids is 3. The molecular weight excluding hydrogens is 454 g/mol. The molecule has 0 saturated heterocycles. The summed E-state index contributed by atoms with van der Waals surface area (Å²) in [5.74, 6) is -0.589. The second-order valence-corrected chi connectivity index (χ2v) is 12.3. The van der Waals surface area contributed by atoms with Gasteiger partial charge in [-0.2, -0.15) is 0 Å². The molecule has 2 N–H and O–H groups in total. The Morgan fingerprint density at radius 1 is 1.06 bits per heavy atom. The summed E-state index contributed by atoms with van der Waals surface area (Å²) in [5.41, 5.74) is 1.61. The second-order valence-electron chi connectivity index (χ2n) is 12.3. The number of aryl methyl sites for hydroxylation is 2. The average Bonchev–Trinajstić information content (AvgIpc) is 2.68. The van der Waals surface area contributed by atoms with E-state index in [9.17, 15) is 14.4 Å². The molecule has 1 saturated carbocycles. The molecule has 36 heavy (non-hydrogen) atoms. The molecular formula is C29H47N3O4. The summed E-state index contributed by atoms with van der Waals surface area (Å²) in [6.45, 7) is 19.1. The maximum Gasteiger partial charge on any atom is 0.408 e. The van der Waals surface area contributed by atoms with E-state index in [0.717, 1.165) is 36.0 Å². The Morgan fingerprint density at radius 2 is 1.61 bits per heavy atom. The normalized spacial score (nSPS) is 16.8. The van der Waals surface area contributed by atoms with Crippen LogP contribution >= 0.6 is 0 Å². The van der Waals surface area contributed by atoms with Gasteiger partial charge in [-0.1, -0.05) is 38.5 Å². The van der Waals surface area contributed by atoms with Gasteiger partial charge in [0.1, 0.15) is 17.7 Å². The monoisotopic (exact) mass is 501 g/mol. The highest BCUT2D eigenvalue weighted by Gasteiger charge is 2.44. The van der Waals surface area contributed by atoms with Crippen LogP contribution in [-0.2, 0) is 14.3 Å². The molecule has 7 heteroatoms. The third kappa shape index (κ3) is 7.71. The number of rotatable bonds is 8. The van der Waals surface area contributed by atoms with E-state index in [4.69, 9.17) is 4.74 Å². The number of hydrogen-bond donors (Lipinski definition) is 2. The number of nitrogens with zero attached hydrogens (tertiary/aromatic N) is 1. The predicted octanol–water partition coefficient (Wildman–Crippen LogP) is 5.58. The summed E-state index contributed by atoms with van der Waals surface area (Å²) in [6.07, 6.45) is 2.72. The first-order valence-corrected chi connectivity index (χ1v) is 13.3. The Morgan fingerprint density at radius 3 is 2.03 bits per heavy atom. The van der Waals surface area contributed by atoms with Crippen molar-refractivity contribution in [3.8, 4) is 0 Å². The van der Waals surface area contributed by atoms with Crippen LogP contribution in [0.15, 0.2) is 18.2 Å². The molecule has 0 bridgehead atoms.